The van der Waals surface area contributed by atoms with Gasteiger partial charge in [0.15, 0.2) is 0 Å². The summed E-state index contributed by atoms with van der Waals surface area (Å²) in [6.07, 6.45) is 4.83. The summed E-state index contributed by atoms with van der Waals surface area (Å²) in [5, 5.41) is 13.2. The Labute approximate surface area is 122 Å². The first kappa shape index (κ1) is 14.5. The molecule has 1 aliphatic carbocycles. The van der Waals surface area contributed by atoms with Crippen molar-refractivity contribution in [1.29, 1.82) is 0 Å². The molecule has 1 aliphatic rings. The highest BCUT2D eigenvalue weighted by molar-refractivity contribution is 9.10. The third-order valence-electron chi connectivity index (χ3n) is 3.73. The highest BCUT2D eigenvalue weighted by Crippen LogP contribution is 2.27. The quantitative estimate of drug-likeness (QED) is 0.896. The van der Waals surface area contributed by atoms with Crippen molar-refractivity contribution < 1.29 is 9.90 Å². The maximum absolute atomic E-state index is 12.1. The fourth-order valence-electron chi connectivity index (χ4n) is 2.53. The molecule has 0 bridgehead atoms. The van der Waals surface area contributed by atoms with E-state index < -0.39 is 5.60 Å². The second-order valence-corrected chi connectivity index (χ2v) is 6.31. The third-order valence-corrected chi connectivity index (χ3v) is 4.39. The van der Waals surface area contributed by atoms with Gasteiger partial charge in [0.1, 0.15) is 0 Å². The highest BCUT2D eigenvalue weighted by atomic mass is 79.9. The molecule has 104 valence electrons. The number of benzene rings is 1. The minimum Gasteiger partial charge on any atom is -0.388 e. The lowest BCUT2D eigenvalue weighted by molar-refractivity contribution is 0.00525. The normalized spacial score (nSPS) is 18.1. The largest absolute Gasteiger partial charge is 0.388 e. The van der Waals surface area contributed by atoms with E-state index in [0.29, 0.717) is 12.1 Å². The number of halogens is 1. The molecule has 1 aromatic carbocycles. The number of rotatable bonds is 3. The molecule has 1 saturated carbocycles. The predicted octanol–water partition coefficient (Wildman–Crippen LogP) is 3.18. The van der Waals surface area contributed by atoms with Crippen LogP contribution in [-0.4, -0.2) is 23.2 Å². The molecule has 1 fully saturated rings. The maximum Gasteiger partial charge on any atom is 0.252 e. The first-order valence-electron chi connectivity index (χ1n) is 6.77. The van der Waals surface area contributed by atoms with Gasteiger partial charge in [0, 0.05) is 11.0 Å². The summed E-state index contributed by atoms with van der Waals surface area (Å²) in [7, 11) is 0. The monoisotopic (exact) mass is 325 g/mol. The Kier molecular flexibility index (Phi) is 4.63. The van der Waals surface area contributed by atoms with Crippen LogP contribution in [0, 0.1) is 6.92 Å². The summed E-state index contributed by atoms with van der Waals surface area (Å²) < 4.78 is 0.792. The van der Waals surface area contributed by atoms with Gasteiger partial charge in [-0.15, -0.1) is 0 Å². The zero-order chi connectivity index (χ0) is 13.9. The molecule has 0 radical (unpaired) electrons. The number of hydrogen-bond acceptors (Lipinski definition) is 2. The molecule has 0 atom stereocenters. The molecule has 0 spiro atoms. The average molecular weight is 326 g/mol. The third kappa shape index (κ3) is 3.80. The van der Waals surface area contributed by atoms with Crippen LogP contribution in [0.25, 0.3) is 0 Å². The zero-order valence-corrected chi connectivity index (χ0v) is 12.8. The first-order chi connectivity index (χ1) is 9.00. The second-order valence-electron chi connectivity index (χ2n) is 5.45. The number of aliphatic hydroxyl groups is 1. The van der Waals surface area contributed by atoms with Gasteiger partial charge in [0.05, 0.1) is 11.2 Å². The van der Waals surface area contributed by atoms with E-state index in [1.807, 2.05) is 19.1 Å². The standard InChI is InChI=1S/C15H20BrNO2/c1-11-5-6-12(13(16)9-11)14(18)17-10-15(19)7-3-2-4-8-15/h5-6,9,19H,2-4,7-8,10H2,1H3,(H,17,18). The van der Waals surface area contributed by atoms with Crippen LogP contribution in [0.1, 0.15) is 48.0 Å². The molecule has 2 rings (SSSR count). The van der Waals surface area contributed by atoms with E-state index in [4.69, 9.17) is 0 Å². The van der Waals surface area contributed by atoms with Crippen LogP contribution >= 0.6 is 15.9 Å². The van der Waals surface area contributed by atoms with Gasteiger partial charge in [-0.1, -0.05) is 25.3 Å². The average Bonchev–Trinajstić information content (AvgIpc) is 2.37. The molecule has 3 nitrogen and oxygen atoms in total. The first-order valence-corrected chi connectivity index (χ1v) is 7.56. The molecule has 0 saturated heterocycles. The summed E-state index contributed by atoms with van der Waals surface area (Å²) in [5.41, 5.74) is 1.00. The van der Waals surface area contributed by atoms with Crippen molar-refractivity contribution >= 4 is 21.8 Å². The summed E-state index contributed by atoms with van der Waals surface area (Å²) in [5.74, 6) is -0.133. The molecule has 1 amide bonds. The van der Waals surface area contributed by atoms with E-state index in [0.717, 1.165) is 35.7 Å². The van der Waals surface area contributed by atoms with Crippen molar-refractivity contribution in [2.45, 2.75) is 44.6 Å². The van der Waals surface area contributed by atoms with Gasteiger partial charge in [-0.25, -0.2) is 0 Å². The number of amides is 1. The van der Waals surface area contributed by atoms with Crippen molar-refractivity contribution in [3.8, 4) is 0 Å². The Morgan fingerprint density at radius 1 is 1.37 bits per heavy atom. The lowest BCUT2D eigenvalue weighted by atomic mass is 9.85. The Morgan fingerprint density at radius 3 is 2.68 bits per heavy atom. The van der Waals surface area contributed by atoms with Crippen LogP contribution in [0.4, 0.5) is 0 Å². The van der Waals surface area contributed by atoms with Gasteiger partial charge in [-0.05, 0) is 53.4 Å². The molecule has 19 heavy (non-hydrogen) atoms. The molecule has 1 aromatic rings. The second kappa shape index (κ2) is 6.06. The van der Waals surface area contributed by atoms with E-state index in [1.54, 1.807) is 6.07 Å². The van der Waals surface area contributed by atoms with Crippen LogP contribution in [-0.2, 0) is 0 Å². The molecular formula is C15H20BrNO2. The van der Waals surface area contributed by atoms with Gasteiger partial charge in [-0.3, -0.25) is 4.79 Å². The van der Waals surface area contributed by atoms with Crippen LogP contribution < -0.4 is 5.32 Å². The molecule has 0 heterocycles. The van der Waals surface area contributed by atoms with Gasteiger partial charge < -0.3 is 10.4 Å². The van der Waals surface area contributed by atoms with Gasteiger partial charge in [0.2, 0.25) is 0 Å². The molecule has 0 aliphatic heterocycles. The Balaban J connectivity index is 1.97. The molecule has 0 unspecified atom stereocenters. The van der Waals surface area contributed by atoms with E-state index >= 15 is 0 Å². The van der Waals surface area contributed by atoms with E-state index in [2.05, 4.69) is 21.2 Å². The zero-order valence-electron chi connectivity index (χ0n) is 11.2. The SMILES string of the molecule is Cc1ccc(C(=O)NCC2(O)CCCCC2)c(Br)c1. The number of aryl methyl sites for hydroxylation is 1. The lowest BCUT2D eigenvalue weighted by Gasteiger charge is -2.32. The number of nitrogens with one attached hydrogen (secondary N) is 1. The molecule has 0 aromatic heterocycles. The van der Waals surface area contributed by atoms with Gasteiger partial charge in [-0.2, -0.15) is 0 Å². The number of hydrogen-bond donors (Lipinski definition) is 2. The highest BCUT2D eigenvalue weighted by Gasteiger charge is 2.29. The van der Waals surface area contributed by atoms with Crippen LogP contribution in [0.3, 0.4) is 0 Å². The summed E-state index contributed by atoms with van der Waals surface area (Å²) >= 11 is 3.40. The van der Waals surface area contributed by atoms with Crippen molar-refractivity contribution in [1.82, 2.24) is 5.32 Å². The number of carbonyl (C=O) groups is 1. The minimum atomic E-state index is -0.717. The molecular weight excluding hydrogens is 306 g/mol. The summed E-state index contributed by atoms with van der Waals surface area (Å²) in [4.78, 5) is 12.1. The number of carbonyl (C=O) groups excluding carboxylic acids is 1. The van der Waals surface area contributed by atoms with Crippen LogP contribution in [0.15, 0.2) is 22.7 Å². The van der Waals surface area contributed by atoms with Crippen molar-refractivity contribution in [3.05, 3.63) is 33.8 Å². The van der Waals surface area contributed by atoms with Crippen LogP contribution in [0.5, 0.6) is 0 Å². The fraction of sp³-hybridized carbons (Fsp3) is 0.533. The summed E-state index contributed by atoms with van der Waals surface area (Å²) in [6.45, 7) is 2.32. The van der Waals surface area contributed by atoms with Crippen molar-refractivity contribution in [3.63, 3.8) is 0 Å². The fourth-order valence-corrected chi connectivity index (χ4v) is 3.20. The van der Waals surface area contributed by atoms with Gasteiger partial charge >= 0.3 is 0 Å². The van der Waals surface area contributed by atoms with E-state index in [-0.39, 0.29) is 5.91 Å². The predicted molar refractivity (Wildman–Crippen MR) is 79.2 cm³/mol. The smallest absolute Gasteiger partial charge is 0.252 e. The summed E-state index contributed by atoms with van der Waals surface area (Å²) in [6, 6.07) is 5.64. The van der Waals surface area contributed by atoms with Crippen molar-refractivity contribution in [2.75, 3.05) is 6.54 Å². The molecule has 2 N–H and O–H groups in total. The van der Waals surface area contributed by atoms with Gasteiger partial charge in [0.25, 0.3) is 5.91 Å². The van der Waals surface area contributed by atoms with E-state index in [1.165, 1.54) is 6.42 Å². The Hall–Kier alpha value is -0.870. The Morgan fingerprint density at radius 2 is 2.05 bits per heavy atom. The molecule has 4 heteroatoms. The Bertz CT molecular complexity index is 467. The topological polar surface area (TPSA) is 49.3 Å². The van der Waals surface area contributed by atoms with E-state index in [9.17, 15) is 9.90 Å². The maximum atomic E-state index is 12.1. The van der Waals surface area contributed by atoms with Crippen molar-refractivity contribution in [2.24, 2.45) is 0 Å². The minimum absolute atomic E-state index is 0.133. The van der Waals surface area contributed by atoms with Crippen LogP contribution in [0.2, 0.25) is 0 Å². The lowest BCUT2D eigenvalue weighted by Crippen LogP contribution is -2.44.